The second-order valence-electron chi connectivity index (χ2n) is 6.31. The Morgan fingerprint density at radius 1 is 1.05 bits per heavy atom. The summed E-state index contributed by atoms with van der Waals surface area (Å²) in [6.07, 6.45) is 2.08. The third kappa shape index (κ3) is 2.25. The number of nitrogens with zero attached hydrogens (tertiary/aromatic N) is 1. The molecule has 3 aromatic rings. The molecule has 1 fully saturated rings. The highest BCUT2D eigenvalue weighted by Crippen LogP contribution is 2.48. The van der Waals surface area contributed by atoms with Gasteiger partial charge in [0.15, 0.2) is 0 Å². The van der Waals surface area contributed by atoms with Crippen molar-refractivity contribution in [3.05, 3.63) is 82.1 Å². The van der Waals surface area contributed by atoms with Crippen LogP contribution in [0, 0.1) is 5.92 Å². The number of benzene rings is 2. The van der Waals surface area contributed by atoms with Crippen molar-refractivity contribution in [2.45, 2.75) is 18.8 Å². The maximum absolute atomic E-state index is 12.6. The van der Waals surface area contributed by atoms with Crippen molar-refractivity contribution in [2.75, 3.05) is 0 Å². The van der Waals surface area contributed by atoms with Crippen molar-refractivity contribution in [3.63, 3.8) is 0 Å². The molecule has 110 valence electrons. The van der Waals surface area contributed by atoms with Gasteiger partial charge < -0.3 is 4.57 Å². The first-order chi connectivity index (χ1) is 10.7. The van der Waals surface area contributed by atoms with Gasteiger partial charge in [0.2, 0.25) is 0 Å². The number of para-hydroxylation sites is 1. The fraction of sp³-hybridized carbons (Fsp3) is 0.250. The van der Waals surface area contributed by atoms with E-state index in [1.54, 1.807) is 4.57 Å². The molecule has 1 saturated carbocycles. The smallest absolute Gasteiger partial charge is 0.253 e. The lowest BCUT2D eigenvalue weighted by Crippen LogP contribution is -2.21. The summed E-state index contributed by atoms with van der Waals surface area (Å²) in [5.74, 6) is 1.23. The number of hydrogen-bond donors (Lipinski definition) is 0. The van der Waals surface area contributed by atoms with Crippen LogP contribution < -0.4 is 5.56 Å². The topological polar surface area (TPSA) is 22.0 Å². The van der Waals surface area contributed by atoms with Gasteiger partial charge >= 0.3 is 0 Å². The van der Waals surface area contributed by atoms with E-state index in [0.29, 0.717) is 11.8 Å². The molecule has 0 radical (unpaired) electrons. The first-order valence-corrected chi connectivity index (χ1v) is 7.86. The molecule has 0 spiro atoms. The van der Waals surface area contributed by atoms with E-state index in [1.807, 2.05) is 25.2 Å². The molecule has 0 aliphatic heterocycles. The van der Waals surface area contributed by atoms with E-state index in [0.717, 1.165) is 22.9 Å². The Kier molecular flexibility index (Phi) is 3.11. The molecule has 1 aliphatic carbocycles. The van der Waals surface area contributed by atoms with Gasteiger partial charge in [0.25, 0.3) is 5.56 Å². The molecule has 0 N–H and O–H groups in total. The highest BCUT2D eigenvalue weighted by molar-refractivity contribution is 5.79. The molecule has 0 bridgehead atoms. The summed E-state index contributed by atoms with van der Waals surface area (Å²) in [7, 11) is 1.87. The molecule has 0 amide bonds. The van der Waals surface area contributed by atoms with Gasteiger partial charge in [-0.05, 0) is 47.8 Å². The molecular weight excluding hydrogens is 270 g/mol. The maximum atomic E-state index is 12.6. The average Bonchev–Trinajstić information content (AvgIpc) is 3.32. The Morgan fingerprint density at radius 2 is 1.77 bits per heavy atom. The molecule has 1 aromatic heterocycles. The van der Waals surface area contributed by atoms with Crippen LogP contribution in [0.3, 0.4) is 0 Å². The van der Waals surface area contributed by atoms with Crippen molar-refractivity contribution in [1.29, 1.82) is 0 Å². The van der Waals surface area contributed by atoms with Crippen LogP contribution in [0.15, 0.2) is 65.5 Å². The second kappa shape index (κ2) is 5.13. The van der Waals surface area contributed by atoms with Gasteiger partial charge in [0, 0.05) is 12.6 Å². The minimum Gasteiger partial charge on any atom is -0.311 e. The molecule has 2 aromatic carbocycles. The van der Waals surface area contributed by atoms with Crippen LogP contribution in [0.4, 0.5) is 0 Å². The summed E-state index contributed by atoms with van der Waals surface area (Å²) >= 11 is 0. The van der Waals surface area contributed by atoms with Crippen molar-refractivity contribution >= 4 is 10.9 Å². The molecule has 1 aliphatic rings. The lowest BCUT2D eigenvalue weighted by atomic mass is 10.0. The van der Waals surface area contributed by atoms with Gasteiger partial charge in [0.05, 0.1) is 5.52 Å². The van der Waals surface area contributed by atoms with E-state index in [2.05, 4.69) is 42.5 Å². The highest BCUT2D eigenvalue weighted by Gasteiger charge is 2.38. The van der Waals surface area contributed by atoms with E-state index in [1.165, 1.54) is 12.0 Å². The summed E-state index contributed by atoms with van der Waals surface area (Å²) in [5.41, 5.74) is 3.51. The van der Waals surface area contributed by atoms with Crippen molar-refractivity contribution in [1.82, 2.24) is 4.57 Å². The van der Waals surface area contributed by atoms with Crippen LogP contribution in [0.1, 0.15) is 23.5 Å². The van der Waals surface area contributed by atoms with Gasteiger partial charge in [-0.1, -0.05) is 48.5 Å². The van der Waals surface area contributed by atoms with Crippen LogP contribution in [-0.4, -0.2) is 4.57 Å². The molecule has 0 saturated heterocycles. The first kappa shape index (κ1) is 13.3. The number of rotatable bonds is 3. The van der Waals surface area contributed by atoms with E-state index in [4.69, 9.17) is 0 Å². The molecular formula is C20H19NO. The highest BCUT2D eigenvalue weighted by atomic mass is 16.1. The number of aryl methyl sites for hydroxylation is 1. The minimum atomic E-state index is 0.150. The van der Waals surface area contributed by atoms with Gasteiger partial charge in [-0.25, -0.2) is 0 Å². The number of fused-ring (bicyclic) bond motifs is 1. The van der Waals surface area contributed by atoms with Gasteiger partial charge in [-0.2, -0.15) is 0 Å². The SMILES string of the molecule is Cn1c(=O)c(CC2CC2c2ccccc2)cc2ccccc21. The van der Waals surface area contributed by atoms with Crippen molar-refractivity contribution in [2.24, 2.45) is 13.0 Å². The number of hydrogen-bond acceptors (Lipinski definition) is 1. The Labute approximate surface area is 130 Å². The van der Waals surface area contributed by atoms with Gasteiger partial charge in [0.1, 0.15) is 0 Å². The summed E-state index contributed by atoms with van der Waals surface area (Å²) in [6.45, 7) is 0. The zero-order valence-corrected chi connectivity index (χ0v) is 12.7. The van der Waals surface area contributed by atoms with Gasteiger partial charge in [-0.3, -0.25) is 4.79 Å². The molecule has 22 heavy (non-hydrogen) atoms. The third-order valence-electron chi connectivity index (χ3n) is 4.84. The molecule has 1 heterocycles. The summed E-state index contributed by atoms with van der Waals surface area (Å²) in [4.78, 5) is 12.6. The number of pyridine rings is 1. The molecule has 2 nitrogen and oxygen atoms in total. The number of aromatic nitrogens is 1. The maximum Gasteiger partial charge on any atom is 0.253 e. The predicted octanol–water partition coefficient (Wildman–Crippen LogP) is 3.88. The van der Waals surface area contributed by atoms with E-state index >= 15 is 0 Å². The van der Waals surface area contributed by atoms with Gasteiger partial charge in [-0.15, -0.1) is 0 Å². The van der Waals surface area contributed by atoms with E-state index in [9.17, 15) is 4.79 Å². The normalized spacial score (nSPS) is 20.2. The average molecular weight is 289 g/mol. The second-order valence-corrected chi connectivity index (χ2v) is 6.31. The van der Waals surface area contributed by atoms with E-state index < -0.39 is 0 Å². The third-order valence-corrected chi connectivity index (χ3v) is 4.84. The zero-order valence-electron chi connectivity index (χ0n) is 12.7. The Bertz CT molecular complexity index is 879. The summed E-state index contributed by atoms with van der Waals surface area (Å²) in [5, 5.41) is 1.15. The first-order valence-electron chi connectivity index (χ1n) is 7.86. The quantitative estimate of drug-likeness (QED) is 0.717. The van der Waals surface area contributed by atoms with Crippen LogP contribution in [0.5, 0.6) is 0 Å². The summed E-state index contributed by atoms with van der Waals surface area (Å²) in [6, 6.07) is 20.8. The zero-order chi connectivity index (χ0) is 15.1. The fourth-order valence-electron chi connectivity index (χ4n) is 3.50. The molecule has 4 rings (SSSR count). The molecule has 2 heteroatoms. The lowest BCUT2D eigenvalue weighted by Gasteiger charge is -2.08. The summed E-state index contributed by atoms with van der Waals surface area (Å²) < 4.78 is 1.78. The largest absolute Gasteiger partial charge is 0.311 e. The molecule has 2 atom stereocenters. The van der Waals surface area contributed by atoms with Crippen molar-refractivity contribution < 1.29 is 0 Å². The fourth-order valence-corrected chi connectivity index (χ4v) is 3.50. The van der Waals surface area contributed by atoms with Crippen LogP contribution in [0.25, 0.3) is 10.9 Å². The van der Waals surface area contributed by atoms with Crippen LogP contribution >= 0.6 is 0 Å². The van der Waals surface area contributed by atoms with Crippen molar-refractivity contribution in [3.8, 4) is 0 Å². The van der Waals surface area contributed by atoms with E-state index in [-0.39, 0.29) is 5.56 Å². The Morgan fingerprint density at radius 3 is 2.59 bits per heavy atom. The monoisotopic (exact) mass is 289 g/mol. The Hall–Kier alpha value is -2.35. The Balaban J connectivity index is 1.63. The van der Waals surface area contributed by atoms with Crippen LogP contribution in [-0.2, 0) is 13.5 Å². The standard InChI is InChI=1S/C20H19NO/c1-21-19-10-6-5-9-15(19)11-17(20(21)22)12-16-13-18(16)14-7-3-2-4-8-14/h2-11,16,18H,12-13H2,1H3. The lowest BCUT2D eigenvalue weighted by molar-refractivity contribution is 0.767. The molecule has 2 unspecified atom stereocenters. The predicted molar refractivity (Wildman–Crippen MR) is 90.2 cm³/mol. The van der Waals surface area contributed by atoms with Crippen LogP contribution in [0.2, 0.25) is 0 Å². The minimum absolute atomic E-state index is 0.150.